The lowest BCUT2D eigenvalue weighted by Crippen LogP contribution is -2.23. The summed E-state index contributed by atoms with van der Waals surface area (Å²) in [6.07, 6.45) is 8.23. The van der Waals surface area contributed by atoms with Crippen molar-refractivity contribution in [3.8, 4) is 0 Å². The molecular formula is C18H24N2O. The molecule has 0 saturated heterocycles. The third kappa shape index (κ3) is 3.55. The van der Waals surface area contributed by atoms with E-state index in [1.54, 1.807) is 0 Å². The van der Waals surface area contributed by atoms with Gasteiger partial charge in [-0.1, -0.05) is 37.3 Å². The molecule has 3 heteroatoms. The molecule has 0 bridgehead atoms. The van der Waals surface area contributed by atoms with Gasteiger partial charge in [-0.05, 0) is 42.5 Å². The van der Waals surface area contributed by atoms with E-state index in [0.717, 1.165) is 6.54 Å². The molecule has 0 saturated carbocycles. The van der Waals surface area contributed by atoms with E-state index in [0.29, 0.717) is 19.4 Å². The molecule has 1 aromatic heterocycles. The van der Waals surface area contributed by atoms with Crippen LogP contribution in [0.3, 0.4) is 0 Å². The number of hydrogen-bond donors (Lipinski definition) is 1. The largest absolute Gasteiger partial charge is 0.356 e. The first-order chi connectivity index (χ1) is 10.4. The quantitative estimate of drug-likeness (QED) is 0.876. The average Bonchev–Trinajstić information content (AvgIpc) is 2.93. The normalized spacial score (nSPS) is 17.7. The van der Waals surface area contributed by atoms with Gasteiger partial charge in [0, 0.05) is 18.4 Å². The molecule has 0 amide bonds. The van der Waals surface area contributed by atoms with Crippen molar-refractivity contribution in [3.63, 3.8) is 0 Å². The number of hydrogen-bond acceptors (Lipinski definition) is 2. The van der Waals surface area contributed by atoms with Crippen LogP contribution in [0.25, 0.3) is 0 Å². The van der Waals surface area contributed by atoms with Crippen LogP contribution in [0, 0.1) is 0 Å². The Hall–Kier alpha value is -1.58. The SMILES string of the molecule is CCNC1CCCc2cn(COCc3ccccc3)cc21. The summed E-state index contributed by atoms with van der Waals surface area (Å²) < 4.78 is 8.01. The Bertz CT molecular complexity index is 562. The van der Waals surface area contributed by atoms with Gasteiger partial charge in [0.15, 0.2) is 0 Å². The fourth-order valence-electron chi connectivity index (χ4n) is 3.12. The smallest absolute Gasteiger partial charge is 0.122 e. The Labute approximate surface area is 126 Å². The summed E-state index contributed by atoms with van der Waals surface area (Å²) in [5.41, 5.74) is 4.17. The van der Waals surface area contributed by atoms with E-state index in [-0.39, 0.29) is 0 Å². The van der Waals surface area contributed by atoms with Crippen LogP contribution in [0.4, 0.5) is 0 Å². The lowest BCUT2D eigenvalue weighted by atomic mass is 9.91. The standard InChI is InChI=1S/C18H24N2O/c1-2-19-18-10-6-9-16-11-20(12-17(16)18)14-21-13-15-7-4-3-5-8-15/h3-5,7-8,11-12,18-19H,2,6,9-10,13-14H2,1H3. The third-order valence-corrected chi connectivity index (χ3v) is 4.11. The van der Waals surface area contributed by atoms with Gasteiger partial charge in [0.25, 0.3) is 0 Å². The van der Waals surface area contributed by atoms with Crippen LogP contribution in [0.5, 0.6) is 0 Å². The Kier molecular flexibility index (Phi) is 4.73. The first-order valence-electron chi connectivity index (χ1n) is 7.90. The molecule has 0 spiro atoms. The summed E-state index contributed by atoms with van der Waals surface area (Å²) in [7, 11) is 0. The number of benzene rings is 1. The topological polar surface area (TPSA) is 26.2 Å². The van der Waals surface area contributed by atoms with Crippen LogP contribution in [0.2, 0.25) is 0 Å². The maximum Gasteiger partial charge on any atom is 0.122 e. The molecule has 1 atom stereocenters. The molecule has 3 nitrogen and oxygen atoms in total. The molecule has 21 heavy (non-hydrogen) atoms. The summed E-state index contributed by atoms with van der Waals surface area (Å²) >= 11 is 0. The number of rotatable bonds is 6. The van der Waals surface area contributed by atoms with Gasteiger partial charge in [0.05, 0.1) is 6.61 Å². The fourth-order valence-corrected chi connectivity index (χ4v) is 3.12. The molecule has 1 N–H and O–H groups in total. The highest BCUT2D eigenvalue weighted by Gasteiger charge is 2.21. The lowest BCUT2D eigenvalue weighted by molar-refractivity contribution is 0.0641. The van der Waals surface area contributed by atoms with Gasteiger partial charge in [-0.25, -0.2) is 0 Å². The number of ether oxygens (including phenoxy) is 1. The molecule has 1 aliphatic rings. The minimum absolute atomic E-state index is 0.522. The van der Waals surface area contributed by atoms with E-state index < -0.39 is 0 Å². The summed E-state index contributed by atoms with van der Waals surface area (Å²) in [6.45, 7) is 4.50. The first kappa shape index (κ1) is 14.4. The molecule has 1 unspecified atom stereocenters. The van der Waals surface area contributed by atoms with Crippen LogP contribution >= 0.6 is 0 Å². The van der Waals surface area contributed by atoms with Crippen molar-refractivity contribution in [2.45, 2.75) is 45.6 Å². The van der Waals surface area contributed by atoms with Gasteiger partial charge < -0.3 is 14.6 Å². The predicted molar refractivity (Wildman–Crippen MR) is 85.0 cm³/mol. The van der Waals surface area contributed by atoms with E-state index in [1.807, 2.05) is 18.2 Å². The van der Waals surface area contributed by atoms with Gasteiger partial charge in [0.2, 0.25) is 0 Å². The second kappa shape index (κ2) is 6.92. The van der Waals surface area contributed by atoms with Crippen molar-refractivity contribution < 1.29 is 4.74 Å². The van der Waals surface area contributed by atoms with E-state index in [1.165, 1.54) is 36.0 Å². The molecule has 112 valence electrons. The van der Waals surface area contributed by atoms with E-state index >= 15 is 0 Å². The summed E-state index contributed by atoms with van der Waals surface area (Å²) in [5, 5.41) is 3.58. The minimum atomic E-state index is 0.522. The zero-order chi connectivity index (χ0) is 14.5. The van der Waals surface area contributed by atoms with Crippen molar-refractivity contribution in [1.29, 1.82) is 0 Å². The second-order valence-electron chi connectivity index (χ2n) is 5.72. The van der Waals surface area contributed by atoms with Crippen LogP contribution in [-0.2, 0) is 24.5 Å². The number of nitrogens with zero attached hydrogens (tertiary/aromatic N) is 1. The number of aromatic nitrogens is 1. The molecule has 2 aromatic rings. The zero-order valence-corrected chi connectivity index (χ0v) is 12.7. The maximum atomic E-state index is 5.82. The van der Waals surface area contributed by atoms with Gasteiger partial charge in [-0.3, -0.25) is 0 Å². The molecule has 0 radical (unpaired) electrons. The number of nitrogens with one attached hydrogen (secondary N) is 1. The van der Waals surface area contributed by atoms with E-state index in [9.17, 15) is 0 Å². The van der Waals surface area contributed by atoms with Crippen molar-refractivity contribution >= 4 is 0 Å². The van der Waals surface area contributed by atoms with Crippen LogP contribution < -0.4 is 5.32 Å². The van der Waals surface area contributed by atoms with Crippen LogP contribution in [-0.4, -0.2) is 11.1 Å². The highest BCUT2D eigenvalue weighted by molar-refractivity contribution is 5.30. The fraction of sp³-hybridized carbons (Fsp3) is 0.444. The molecule has 1 aliphatic carbocycles. The van der Waals surface area contributed by atoms with Crippen molar-refractivity contribution in [3.05, 3.63) is 59.4 Å². The first-order valence-corrected chi connectivity index (χ1v) is 7.90. The molecule has 0 fully saturated rings. The Morgan fingerprint density at radius 2 is 2.10 bits per heavy atom. The summed E-state index contributed by atoms with van der Waals surface area (Å²) in [5.74, 6) is 0. The van der Waals surface area contributed by atoms with E-state index in [4.69, 9.17) is 4.74 Å². The Morgan fingerprint density at radius 3 is 2.90 bits per heavy atom. The van der Waals surface area contributed by atoms with Gasteiger partial charge in [0.1, 0.15) is 6.73 Å². The van der Waals surface area contributed by atoms with Gasteiger partial charge in [-0.2, -0.15) is 0 Å². The second-order valence-corrected chi connectivity index (χ2v) is 5.72. The highest BCUT2D eigenvalue weighted by atomic mass is 16.5. The van der Waals surface area contributed by atoms with Crippen molar-refractivity contribution in [1.82, 2.24) is 9.88 Å². The predicted octanol–water partition coefficient (Wildman–Crippen LogP) is 3.65. The number of aryl methyl sites for hydroxylation is 1. The maximum absolute atomic E-state index is 5.82. The third-order valence-electron chi connectivity index (χ3n) is 4.11. The van der Waals surface area contributed by atoms with Crippen molar-refractivity contribution in [2.24, 2.45) is 0 Å². The molecule has 1 heterocycles. The number of fused-ring (bicyclic) bond motifs is 1. The minimum Gasteiger partial charge on any atom is -0.356 e. The lowest BCUT2D eigenvalue weighted by Gasteiger charge is -2.22. The zero-order valence-electron chi connectivity index (χ0n) is 12.7. The van der Waals surface area contributed by atoms with Gasteiger partial charge >= 0.3 is 0 Å². The highest BCUT2D eigenvalue weighted by Crippen LogP contribution is 2.30. The monoisotopic (exact) mass is 284 g/mol. The molecular weight excluding hydrogens is 260 g/mol. The Morgan fingerprint density at radius 1 is 1.24 bits per heavy atom. The van der Waals surface area contributed by atoms with E-state index in [2.05, 4.69) is 41.3 Å². The summed E-state index contributed by atoms with van der Waals surface area (Å²) in [6, 6.07) is 10.9. The Balaban J connectivity index is 1.59. The summed E-state index contributed by atoms with van der Waals surface area (Å²) in [4.78, 5) is 0. The molecule has 0 aliphatic heterocycles. The molecule has 1 aromatic carbocycles. The van der Waals surface area contributed by atoms with Gasteiger partial charge in [-0.15, -0.1) is 0 Å². The van der Waals surface area contributed by atoms with Crippen LogP contribution in [0.1, 0.15) is 42.5 Å². The van der Waals surface area contributed by atoms with Crippen LogP contribution in [0.15, 0.2) is 42.7 Å². The average molecular weight is 284 g/mol. The van der Waals surface area contributed by atoms with Crippen molar-refractivity contribution in [2.75, 3.05) is 6.54 Å². The molecule has 3 rings (SSSR count).